The van der Waals surface area contributed by atoms with Gasteiger partial charge in [0.15, 0.2) is 0 Å². The quantitative estimate of drug-likeness (QED) is 0.797. The maximum atomic E-state index is 12.8. The van der Waals surface area contributed by atoms with Crippen molar-refractivity contribution in [3.8, 4) is 0 Å². The second-order valence-corrected chi connectivity index (χ2v) is 7.33. The zero-order chi connectivity index (χ0) is 15.8. The average Bonchev–Trinajstić information content (AvgIpc) is 2.37. The topological polar surface area (TPSA) is 110 Å². The summed E-state index contributed by atoms with van der Waals surface area (Å²) in [6.07, 6.45) is 0. The molecule has 8 heteroatoms. The molecule has 21 heavy (non-hydrogen) atoms. The van der Waals surface area contributed by atoms with Gasteiger partial charge in [0.1, 0.15) is 0 Å². The summed E-state index contributed by atoms with van der Waals surface area (Å²) < 4.78 is 32.2. The van der Waals surface area contributed by atoms with Crippen molar-refractivity contribution in [2.45, 2.75) is 24.3 Å². The predicted molar refractivity (Wildman–Crippen MR) is 76.6 cm³/mol. The van der Waals surface area contributed by atoms with Gasteiger partial charge in [-0.2, -0.15) is 4.31 Å². The van der Waals surface area contributed by atoms with Crippen LogP contribution in [0, 0.1) is 0 Å². The maximum absolute atomic E-state index is 12.8. The number of nitrogens with two attached hydrogens (primary N) is 1. The van der Waals surface area contributed by atoms with Gasteiger partial charge in [0.05, 0.1) is 29.2 Å². The highest BCUT2D eigenvalue weighted by Crippen LogP contribution is 2.30. The van der Waals surface area contributed by atoms with Crippen LogP contribution in [0.25, 0.3) is 0 Å². The van der Waals surface area contributed by atoms with E-state index < -0.39 is 21.5 Å². The minimum absolute atomic E-state index is 0.170. The minimum atomic E-state index is -3.98. The number of hydrogen-bond acceptors (Lipinski definition) is 5. The number of hydrogen-bond donors (Lipinski definition) is 2. The molecule has 7 nitrogen and oxygen atoms in total. The van der Waals surface area contributed by atoms with Gasteiger partial charge in [0.25, 0.3) is 0 Å². The zero-order valence-electron chi connectivity index (χ0n) is 11.9. The summed E-state index contributed by atoms with van der Waals surface area (Å²) in [6.45, 7) is 4.15. The Kier molecular flexibility index (Phi) is 3.96. The molecule has 0 atom stereocenters. The van der Waals surface area contributed by atoms with Gasteiger partial charge in [0.2, 0.25) is 10.0 Å². The molecule has 0 saturated carbocycles. The van der Waals surface area contributed by atoms with Crippen molar-refractivity contribution in [1.29, 1.82) is 0 Å². The fourth-order valence-corrected chi connectivity index (χ4v) is 4.31. The van der Waals surface area contributed by atoms with Crippen molar-refractivity contribution in [3.63, 3.8) is 0 Å². The number of rotatable bonds is 3. The Morgan fingerprint density at radius 2 is 2.10 bits per heavy atom. The molecule has 3 N–H and O–H groups in total. The van der Waals surface area contributed by atoms with Crippen molar-refractivity contribution < 1.29 is 23.1 Å². The Morgan fingerprint density at radius 1 is 1.43 bits per heavy atom. The number of nitrogens with zero attached hydrogens (tertiary/aromatic N) is 1. The lowest BCUT2D eigenvalue weighted by Gasteiger charge is -2.40. The van der Waals surface area contributed by atoms with Crippen molar-refractivity contribution in [2.24, 2.45) is 0 Å². The highest BCUT2D eigenvalue weighted by molar-refractivity contribution is 7.89. The molecule has 1 aromatic carbocycles. The maximum Gasteiger partial charge on any atom is 0.337 e. The number of sulfonamides is 1. The third-order valence-electron chi connectivity index (χ3n) is 3.37. The van der Waals surface area contributed by atoms with Gasteiger partial charge < -0.3 is 15.6 Å². The van der Waals surface area contributed by atoms with Gasteiger partial charge in [-0.1, -0.05) is 0 Å². The predicted octanol–water partition coefficient (Wildman–Crippen LogP) is 0.766. The molecule has 1 saturated heterocycles. The van der Waals surface area contributed by atoms with Crippen LogP contribution >= 0.6 is 0 Å². The first kappa shape index (κ1) is 15.7. The lowest BCUT2D eigenvalue weighted by Crippen LogP contribution is -2.55. The third kappa shape index (κ3) is 2.87. The normalized spacial score (nSPS) is 19.3. The molecule has 0 unspecified atom stereocenters. The van der Waals surface area contributed by atoms with Gasteiger partial charge in [-0.25, -0.2) is 13.2 Å². The van der Waals surface area contributed by atoms with Crippen LogP contribution in [0.15, 0.2) is 23.1 Å². The van der Waals surface area contributed by atoms with Crippen molar-refractivity contribution in [3.05, 3.63) is 23.8 Å². The summed E-state index contributed by atoms with van der Waals surface area (Å²) >= 11 is 0. The molecule has 0 bridgehead atoms. The van der Waals surface area contributed by atoms with Crippen LogP contribution in [0.5, 0.6) is 0 Å². The van der Waals surface area contributed by atoms with Gasteiger partial charge in [-0.05, 0) is 32.0 Å². The summed E-state index contributed by atoms with van der Waals surface area (Å²) in [4.78, 5) is 11.0. The lowest BCUT2D eigenvalue weighted by molar-refractivity contribution is -0.00774. The molecule has 0 aliphatic carbocycles. The highest BCUT2D eigenvalue weighted by atomic mass is 32.2. The Hall–Kier alpha value is -1.64. The number of ether oxygens (including phenoxy) is 1. The number of benzene rings is 1. The van der Waals surface area contributed by atoms with Crippen LogP contribution in [-0.2, 0) is 14.8 Å². The van der Waals surface area contributed by atoms with Crippen molar-refractivity contribution >= 4 is 21.7 Å². The molecule has 1 fully saturated rings. The number of carboxylic acid groups (broad SMARTS) is 1. The van der Waals surface area contributed by atoms with E-state index in [1.165, 1.54) is 22.5 Å². The standard InChI is InChI=1S/C13H18N2O5S/c1-13(2)8-20-6-5-15(13)21(18,19)11-7-9(14)3-4-10(11)12(16)17/h3-4,7H,5-6,8,14H2,1-2H3,(H,16,17). The van der Waals surface area contributed by atoms with Crippen molar-refractivity contribution in [1.82, 2.24) is 4.31 Å². The summed E-state index contributed by atoms with van der Waals surface area (Å²) in [5.74, 6) is -1.31. The van der Waals surface area contributed by atoms with E-state index in [0.717, 1.165) is 0 Å². The van der Waals surface area contributed by atoms with Gasteiger partial charge in [0, 0.05) is 12.2 Å². The molecular formula is C13H18N2O5S. The van der Waals surface area contributed by atoms with E-state index in [4.69, 9.17) is 10.5 Å². The molecule has 1 aliphatic heterocycles. The summed E-state index contributed by atoms with van der Waals surface area (Å²) in [5.41, 5.74) is 4.78. The van der Waals surface area contributed by atoms with Crippen LogP contribution < -0.4 is 5.73 Å². The van der Waals surface area contributed by atoms with E-state index in [1.807, 2.05) is 0 Å². The number of carboxylic acids is 1. The first-order chi connectivity index (χ1) is 9.66. The van der Waals surface area contributed by atoms with E-state index in [-0.39, 0.29) is 35.9 Å². The van der Waals surface area contributed by atoms with Gasteiger partial charge in [-0.15, -0.1) is 0 Å². The van der Waals surface area contributed by atoms with E-state index >= 15 is 0 Å². The third-order valence-corrected chi connectivity index (χ3v) is 5.52. The number of carbonyl (C=O) groups is 1. The summed E-state index contributed by atoms with van der Waals surface area (Å²) in [5, 5.41) is 9.20. The second kappa shape index (κ2) is 5.28. The second-order valence-electron chi connectivity index (χ2n) is 5.50. The molecule has 0 amide bonds. The Labute approximate surface area is 123 Å². The molecule has 116 valence electrons. The van der Waals surface area contributed by atoms with Crippen LogP contribution in [0.2, 0.25) is 0 Å². The summed E-state index contributed by atoms with van der Waals surface area (Å²) in [7, 11) is -3.98. The Morgan fingerprint density at radius 3 is 2.67 bits per heavy atom. The smallest absolute Gasteiger partial charge is 0.337 e. The highest BCUT2D eigenvalue weighted by Gasteiger charge is 2.41. The fraction of sp³-hybridized carbons (Fsp3) is 0.462. The molecular weight excluding hydrogens is 296 g/mol. The molecule has 1 aromatic rings. The first-order valence-electron chi connectivity index (χ1n) is 6.40. The number of nitrogen functional groups attached to an aromatic ring is 1. The van der Waals surface area contributed by atoms with E-state index in [9.17, 15) is 18.3 Å². The monoisotopic (exact) mass is 314 g/mol. The van der Waals surface area contributed by atoms with Gasteiger partial charge in [-0.3, -0.25) is 0 Å². The first-order valence-corrected chi connectivity index (χ1v) is 7.84. The SMILES string of the molecule is CC1(C)COCCN1S(=O)(=O)c1cc(N)ccc1C(=O)O. The molecule has 1 aliphatic rings. The Balaban J connectivity index is 2.59. The number of morpholine rings is 1. The van der Waals surface area contributed by atoms with Crippen LogP contribution in [0.4, 0.5) is 5.69 Å². The van der Waals surface area contributed by atoms with E-state index in [0.29, 0.717) is 0 Å². The molecule has 0 radical (unpaired) electrons. The summed E-state index contributed by atoms with van der Waals surface area (Å²) in [6, 6.07) is 3.76. The number of aromatic carboxylic acids is 1. The lowest BCUT2D eigenvalue weighted by atomic mass is 10.1. The Bertz CT molecular complexity index is 669. The molecule has 0 spiro atoms. The minimum Gasteiger partial charge on any atom is -0.478 e. The molecule has 1 heterocycles. The van der Waals surface area contributed by atoms with E-state index in [1.54, 1.807) is 13.8 Å². The molecule has 2 rings (SSSR count). The van der Waals surface area contributed by atoms with Crippen molar-refractivity contribution in [2.75, 3.05) is 25.5 Å². The van der Waals surface area contributed by atoms with E-state index in [2.05, 4.69) is 0 Å². The fourth-order valence-electron chi connectivity index (χ4n) is 2.34. The van der Waals surface area contributed by atoms with Crippen LogP contribution in [0.3, 0.4) is 0 Å². The average molecular weight is 314 g/mol. The molecule has 0 aromatic heterocycles. The van der Waals surface area contributed by atoms with Crippen LogP contribution in [-0.4, -0.2) is 49.1 Å². The zero-order valence-corrected chi connectivity index (χ0v) is 12.7. The number of anilines is 1. The largest absolute Gasteiger partial charge is 0.478 e. The van der Waals surface area contributed by atoms with Crippen LogP contribution in [0.1, 0.15) is 24.2 Å². The van der Waals surface area contributed by atoms with Gasteiger partial charge >= 0.3 is 5.97 Å².